The normalized spacial score (nSPS) is 15.3. The number of carboxylic acids is 1. The van der Waals surface area contributed by atoms with E-state index in [0.29, 0.717) is 0 Å². The Balaban J connectivity index is 3.78. The molecule has 0 aromatic heterocycles. The van der Waals surface area contributed by atoms with Gasteiger partial charge in [-0.3, -0.25) is 4.79 Å². The molecule has 0 fully saturated rings. The third-order valence-electron chi connectivity index (χ3n) is 2.41. The summed E-state index contributed by atoms with van der Waals surface area (Å²) in [6.07, 6.45) is 7.24. The third-order valence-corrected chi connectivity index (χ3v) is 3.69. The Morgan fingerprint density at radius 2 is 2.00 bits per heavy atom. The fraction of sp³-hybridized carbons (Fsp3) is 0.900. The molecule has 0 spiro atoms. The quantitative estimate of drug-likeness (QED) is 0.647. The summed E-state index contributed by atoms with van der Waals surface area (Å²) in [5, 5.41) is 8.97. The topological polar surface area (TPSA) is 37.3 Å². The third kappa shape index (κ3) is 4.55. The van der Waals surface area contributed by atoms with Crippen LogP contribution in [0.3, 0.4) is 0 Å². The van der Waals surface area contributed by atoms with Gasteiger partial charge < -0.3 is 5.11 Å². The number of unbranched alkanes of at least 4 members (excludes halogenated alkanes) is 3. The standard InChI is InChI=1S/C10H20O2S/c1-4-5-6-7-8-10(2,13-3)9(11)12/h4-8H2,1-3H3,(H,11,12). The van der Waals surface area contributed by atoms with E-state index < -0.39 is 10.7 Å². The van der Waals surface area contributed by atoms with Crippen LogP contribution in [0.25, 0.3) is 0 Å². The number of thioether (sulfide) groups is 1. The summed E-state index contributed by atoms with van der Waals surface area (Å²) >= 11 is 1.44. The molecule has 78 valence electrons. The number of carbonyl (C=O) groups is 1. The van der Waals surface area contributed by atoms with E-state index in [1.165, 1.54) is 24.6 Å². The molecule has 0 bridgehead atoms. The number of hydrogen-bond acceptors (Lipinski definition) is 2. The highest BCUT2D eigenvalue weighted by Crippen LogP contribution is 2.28. The fourth-order valence-electron chi connectivity index (χ4n) is 1.19. The Labute approximate surface area is 85.1 Å². The van der Waals surface area contributed by atoms with Gasteiger partial charge in [0, 0.05) is 0 Å². The van der Waals surface area contributed by atoms with Gasteiger partial charge in [-0.05, 0) is 19.6 Å². The second-order valence-corrected chi connectivity index (χ2v) is 4.86. The number of hydrogen-bond donors (Lipinski definition) is 1. The maximum Gasteiger partial charge on any atom is 0.319 e. The van der Waals surface area contributed by atoms with Crippen LogP contribution >= 0.6 is 11.8 Å². The first-order chi connectivity index (χ1) is 6.06. The zero-order chi connectivity index (χ0) is 10.3. The molecule has 0 aromatic carbocycles. The van der Waals surface area contributed by atoms with Crippen LogP contribution in [-0.2, 0) is 4.79 Å². The van der Waals surface area contributed by atoms with Gasteiger partial charge in [0.25, 0.3) is 0 Å². The summed E-state index contributed by atoms with van der Waals surface area (Å²) < 4.78 is -0.576. The van der Waals surface area contributed by atoms with E-state index in [9.17, 15) is 4.79 Å². The lowest BCUT2D eigenvalue weighted by Gasteiger charge is -2.21. The second-order valence-electron chi connectivity index (χ2n) is 3.55. The zero-order valence-corrected chi connectivity index (χ0v) is 9.62. The van der Waals surface area contributed by atoms with Crippen LogP contribution in [0.4, 0.5) is 0 Å². The van der Waals surface area contributed by atoms with E-state index in [4.69, 9.17) is 5.11 Å². The molecule has 0 radical (unpaired) electrons. The van der Waals surface area contributed by atoms with Crippen LogP contribution < -0.4 is 0 Å². The molecule has 0 amide bonds. The lowest BCUT2D eigenvalue weighted by atomic mass is 10.0. The molecule has 1 atom stereocenters. The molecule has 1 N–H and O–H groups in total. The molecule has 1 unspecified atom stereocenters. The molecule has 2 nitrogen and oxygen atoms in total. The molecule has 0 aliphatic rings. The summed E-state index contributed by atoms with van der Waals surface area (Å²) in [6, 6.07) is 0. The Morgan fingerprint density at radius 1 is 1.38 bits per heavy atom. The first kappa shape index (κ1) is 12.8. The van der Waals surface area contributed by atoms with Gasteiger partial charge in [0.1, 0.15) is 4.75 Å². The lowest BCUT2D eigenvalue weighted by molar-refractivity contribution is -0.139. The molecule has 0 heterocycles. The van der Waals surface area contributed by atoms with Crippen LogP contribution in [0.5, 0.6) is 0 Å². The smallest absolute Gasteiger partial charge is 0.319 e. The highest BCUT2D eigenvalue weighted by molar-refractivity contribution is 8.00. The SMILES string of the molecule is CCCCCCC(C)(SC)C(=O)O. The molecule has 0 rings (SSSR count). The maximum atomic E-state index is 10.9. The summed E-state index contributed by atoms with van der Waals surface area (Å²) in [5.74, 6) is -0.684. The number of aliphatic carboxylic acids is 1. The van der Waals surface area contributed by atoms with Crippen molar-refractivity contribution >= 4 is 17.7 Å². The molecular formula is C10H20O2S. The van der Waals surface area contributed by atoms with Gasteiger partial charge in [-0.15, -0.1) is 11.8 Å². The van der Waals surface area contributed by atoms with Gasteiger partial charge >= 0.3 is 5.97 Å². The van der Waals surface area contributed by atoms with Crippen molar-refractivity contribution in [3.63, 3.8) is 0 Å². The van der Waals surface area contributed by atoms with E-state index in [1.807, 2.05) is 13.2 Å². The minimum atomic E-state index is -0.684. The minimum absolute atomic E-state index is 0.576. The largest absolute Gasteiger partial charge is 0.480 e. The first-order valence-electron chi connectivity index (χ1n) is 4.85. The van der Waals surface area contributed by atoms with Crippen molar-refractivity contribution in [2.24, 2.45) is 0 Å². The molecule has 0 aliphatic heterocycles. The Bertz CT molecular complexity index is 159. The average Bonchev–Trinajstić information content (AvgIpc) is 2.12. The molecular weight excluding hydrogens is 184 g/mol. The molecule has 0 aromatic rings. The highest BCUT2D eigenvalue weighted by atomic mass is 32.2. The minimum Gasteiger partial charge on any atom is -0.480 e. The fourth-order valence-corrected chi connectivity index (χ4v) is 1.71. The Hall–Kier alpha value is -0.180. The van der Waals surface area contributed by atoms with Crippen molar-refractivity contribution in [1.82, 2.24) is 0 Å². The van der Waals surface area contributed by atoms with Crippen LogP contribution in [0, 0.1) is 0 Å². The summed E-state index contributed by atoms with van der Waals surface area (Å²) in [5.41, 5.74) is 0. The van der Waals surface area contributed by atoms with Gasteiger partial charge in [-0.2, -0.15) is 0 Å². The predicted molar refractivity (Wildman–Crippen MR) is 58.3 cm³/mol. The molecule has 0 saturated heterocycles. The Kier molecular flexibility index (Phi) is 6.21. The van der Waals surface area contributed by atoms with E-state index in [0.717, 1.165) is 19.3 Å². The number of rotatable bonds is 7. The van der Waals surface area contributed by atoms with Gasteiger partial charge in [0.05, 0.1) is 0 Å². The zero-order valence-electron chi connectivity index (χ0n) is 8.80. The first-order valence-corrected chi connectivity index (χ1v) is 6.08. The van der Waals surface area contributed by atoms with E-state index in [-0.39, 0.29) is 0 Å². The van der Waals surface area contributed by atoms with Crippen LogP contribution in [0.1, 0.15) is 46.0 Å². The Morgan fingerprint density at radius 3 is 2.38 bits per heavy atom. The van der Waals surface area contributed by atoms with Crippen LogP contribution in [-0.4, -0.2) is 22.1 Å². The van der Waals surface area contributed by atoms with Crippen molar-refractivity contribution in [2.45, 2.75) is 50.7 Å². The van der Waals surface area contributed by atoms with Crippen molar-refractivity contribution < 1.29 is 9.90 Å². The molecule has 0 aliphatic carbocycles. The van der Waals surface area contributed by atoms with E-state index in [1.54, 1.807) is 0 Å². The van der Waals surface area contributed by atoms with Gasteiger partial charge in [0.2, 0.25) is 0 Å². The lowest BCUT2D eigenvalue weighted by Crippen LogP contribution is -2.30. The molecule has 13 heavy (non-hydrogen) atoms. The molecule has 0 saturated carbocycles. The van der Waals surface area contributed by atoms with Crippen molar-refractivity contribution in [1.29, 1.82) is 0 Å². The van der Waals surface area contributed by atoms with Crippen LogP contribution in [0.2, 0.25) is 0 Å². The van der Waals surface area contributed by atoms with Gasteiger partial charge in [-0.1, -0.05) is 32.6 Å². The second kappa shape index (κ2) is 6.30. The summed E-state index contributed by atoms with van der Waals surface area (Å²) in [6.45, 7) is 3.97. The monoisotopic (exact) mass is 204 g/mol. The van der Waals surface area contributed by atoms with Crippen molar-refractivity contribution in [3.8, 4) is 0 Å². The predicted octanol–water partition coefficient (Wildman–Crippen LogP) is 3.16. The van der Waals surface area contributed by atoms with E-state index in [2.05, 4.69) is 6.92 Å². The highest BCUT2D eigenvalue weighted by Gasteiger charge is 2.30. The molecule has 3 heteroatoms. The number of carboxylic acid groups (broad SMARTS) is 1. The summed E-state index contributed by atoms with van der Waals surface area (Å²) in [4.78, 5) is 10.9. The maximum absolute atomic E-state index is 10.9. The van der Waals surface area contributed by atoms with Gasteiger partial charge in [0.15, 0.2) is 0 Å². The van der Waals surface area contributed by atoms with Crippen LogP contribution in [0.15, 0.2) is 0 Å². The van der Waals surface area contributed by atoms with Crippen molar-refractivity contribution in [3.05, 3.63) is 0 Å². The van der Waals surface area contributed by atoms with Crippen molar-refractivity contribution in [2.75, 3.05) is 6.26 Å². The average molecular weight is 204 g/mol. The summed E-state index contributed by atoms with van der Waals surface area (Å²) in [7, 11) is 0. The van der Waals surface area contributed by atoms with Gasteiger partial charge in [-0.25, -0.2) is 0 Å². The van der Waals surface area contributed by atoms with E-state index >= 15 is 0 Å².